The number of halogens is 3. The molecule has 1 aliphatic carbocycles. The van der Waals surface area contributed by atoms with Gasteiger partial charge in [0.25, 0.3) is 0 Å². The van der Waals surface area contributed by atoms with E-state index in [1.165, 1.54) is 12.3 Å². The number of nitrogens with one attached hydrogen (secondary N) is 1. The van der Waals surface area contributed by atoms with Crippen molar-refractivity contribution in [1.29, 1.82) is 0 Å². The van der Waals surface area contributed by atoms with Gasteiger partial charge in [0.15, 0.2) is 6.61 Å². The molecule has 1 heterocycles. The molecule has 0 aliphatic heterocycles. The number of carbonyl (C=O) groups excluding carboxylic acids is 1. The third-order valence-electron chi connectivity index (χ3n) is 4.81. The first kappa shape index (κ1) is 19.2. The van der Waals surface area contributed by atoms with Crippen molar-refractivity contribution in [3.63, 3.8) is 0 Å². The Morgan fingerprint density at radius 1 is 1.15 bits per heavy atom. The Labute approximate surface area is 155 Å². The first-order chi connectivity index (χ1) is 12.9. The summed E-state index contributed by atoms with van der Waals surface area (Å²) in [6, 6.07) is 12.9. The molecule has 1 aromatic heterocycles. The lowest BCUT2D eigenvalue weighted by atomic mass is 9.64. The van der Waals surface area contributed by atoms with E-state index < -0.39 is 18.2 Å². The molecule has 1 aromatic carbocycles. The zero-order valence-electron chi connectivity index (χ0n) is 14.8. The van der Waals surface area contributed by atoms with E-state index in [4.69, 9.17) is 0 Å². The van der Waals surface area contributed by atoms with Gasteiger partial charge in [-0.05, 0) is 36.5 Å². The van der Waals surface area contributed by atoms with Gasteiger partial charge in [-0.15, -0.1) is 0 Å². The van der Waals surface area contributed by atoms with E-state index >= 15 is 0 Å². The molecule has 0 spiro atoms. The molecule has 0 radical (unpaired) electrons. The van der Waals surface area contributed by atoms with Crippen molar-refractivity contribution in [2.45, 2.75) is 38.4 Å². The molecule has 0 atom stereocenters. The molecule has 144 valence electrons. The van der Waals surface area contributed by atoms with Crippen molar-refractivity contribution in [3.8, 4) is 5.88 Å². The number of benzene rings is 1. The van der Waals surface area contributed by atoms with Gasteiger partial charge in [0.1, 0.15) is 0 Å². The van der Waals surface area contributed by atoms with Crippen LogP contribution in [-0.2, 0) is 17.8 Å². The number of rotatable bonds is 7. The van der Waals surface area contributed by atoms with Crippen LogP contribution in [0.15, 0.2) is 48.7 Å². The van der Waals surface area contributed by atoms with Crippen LogP contribution in [0.4, 0.5) is 13.2 Å². The summed E-state index contributed by atoms with van der Waals surface area (Å²) in [5, 5.41) is 2.92. The van der Waals surface area contributed by atoms with Crippen LogP contribution in [0.2, 0.25) is 0 Å². The molecule has 1 aliphatic rings. The van der Waals surface area contributed by atoms with Gasteiger partial charge in [-0.2, -0.15) is 13.2 Å². The molecule has 27 heavy (non-hydrogen) atoms. The van der Waals surface area contributed by atoms with Gasteiger partial charge >= 0.3 is 6.18 Å². The van der Waals surface area contributed by atoms with Gasteiger partial charge in [-0.1, -0.05) is 36.8 Å². The summed E-state index contributed by atoms with van der Waals surface area (Å²) in [6.45, 7) is -1.17. The monoisotopic (exact) mass is 378 g/mol. The van der Waals surface area contributed by atoms with Gasteiger partial charge < -0.3 is 10.1 Å². The van der Waals surface area contributed by atoms with Gasteiger partial charge in [0.05, 0.1) is 5.41 Å². The van der Waals surface area contributed by atoms with Crippen LogP contribution in [0.5, 0.6) is 5.88 Å². The second kappa shape index (κ2) is 7.98. The highest BCUT2D eigenvalue weighted by atomic mass is 19.4. The number of amides is 1. The fourth-order valence-electron chi connectivity index (χ4n) is 3.24. The smallest absolute Gasteiger partial charge is 0.422 e. The number of pyridine rings is 1. The van der Waals surface area contributed by atoms with E-state index in [9.17, 15) is 18.0 Å². The van der Waals surface area contributed by atoms with Gasteiger partial charge in [0.2, 0.25) is 11.8 Å². The van der Waals surface area contributed by atoms with Gasteiger partial charge in [0, 0.05) is 18.8 Å². The van der Waals surface area contributed by atoms with Crippen LogP contribution in [0.1, 0.15) is 30.4 Å². The van der Waals surface area contributed by atoms with E-state index in [-0.39, 0.29) is 18.3 Å². The molecule has 0 unspecified atom stereocenters. The number of carbonyl (C=O) groups is 1. The standard InChI is InChI=1S/C20H21F3N2O2/c21-20(22,23)14-27-17-11-16(7-10-24-17)13-25-18(26)19(8-4-9-19)12-15-5-2-1-3-6-15/h1-3,5-7,10-11H,4,8-9,12-14H2,(H,25,26). The quantitative estimate of drug-likeness (QED) is 0.791. The van der Waals surface area contributed by atoms with Crippen molar-refractivity contribution in [2.24, 2.45) is 5.41 Å². The van der Waals surface area contributed by atoms with E-state index in [2.05, 4.69) is 15.0 Å². The Morgan fingerprint density at radius 2 is 1.89 bits per heavy atom. The molecule has 1 N–H and O–H groups in total. The Kier molecular flexibility index (Phi) is 5.68. The maximum atomic E-state index is 12.8. The van der Waals surface area contributed by atoms with Crippen LogP contribution in [0, 0.1) is 5.41 Å². The zero-order chi connectivity index (χ0) is 19.3. The summed E-state index contributed by atoms with van der Waals surface area (Å²) >= 11 is 0. The summed E-state index contributed by atoms with van der Waals surface area (Å²) in [5.41, 5.74) is 1.37. The molecule has 0 bridgehead atoms. The van der Waals surface area contributed by atoms with Crippen molar-refractivity contribution >= 4 is 5.91 Å². The van der Waals surface area contributed by atoms with Crippen LogP contribution < -0.4 is 10.1 Å². The Hall–Kier alpha value is -2.57. The van der Waals surface area contributed by atoms with E-state index in [0.717, 1.165) is 24.8 Å². The number of aromatic nitrogens is 1. The van der Waals surface area contributed by atoms with E-state index in [1.54, 1.807) is 6.07 Å². The van der Waals surface area contributed by atoms with Crippen LogP contribution in [-0.4, -0.2) is 23.7 Å². The molecule has 1 amide bonds. The molecular formula is C20H21F3N2O2. The number of alkyl halides is 3. The van der Waals surface area contributed by atoms with Crippen molar-refractivity contribution in [3.05, 3.63) is 59.8 Å². The number of hydrogen-bond donors (Lipinski definition) is 1. The first-order valence-electron chi connectivity index (χ1n) is 8.83. The second-order valence-corrected chi connectivity index (χ2v) is 6.89. The average Bonchev–Trinajstić information content (AvgIpc) is 2.62. The zero-order valence-corrected chi connectivity index (χ0v) is 14.8. The maximum Gasteiger partial charge on any atom is 0.422 e. The molecular weight excluding hydrogens is 357 g/mol. The van der Waals surface area contributed by atoms with E-state index in [1.807, 2.05) is 30.3 Å². The fraction of sp³-hybridized carbons (Fsp3) is 0.400. The molecule has 1 saturated carbocycles. The topological polar surface area (TPSA) is 51.2 Å². The summed E-state index contributed by atoms with van der Waals surface area (Å²) in [6.07, 6.45) is 0.338. The highest BCUT2D eigenvalue weighted by Crippen LogP contribution is 2.44. The maximum absolute atomic E-state index is 12.8. The minimum Gasteiger partial charge on any atom is -0.468 e. The lowest BCUT2D eigenvalue weighted by Gasteiger charge is -2.40. The minimum absolute atomic E-state index is 0.0211. The normalized spacial score (nSPS) is 15.7. The van der Waals surface area contributed by atoms with Crippen molar-refractivity contribution < 1.29 is 22.7 Å². The lowest BCUT2D eigenvalue weighted by molar-refractivity contribution is -0.154. The van der Waals surface area contributed by atoms with Crippen molar-refractivity contribution in [2.75, 3.05) is 6.61 Å². The van der Waals surface area contributed by atoms with Crippen LogP contribution >= 0.6 is 0 Å². The van der Waals surface area contributed by atoms with Gasteiger partial charge in [-0.25, -0.2) is 4.98 Å². The van der Waals surface area contributed by atoms with Crippen LogP contribution in [0.3, 0.4) is 0 Å². The number of nitrogens with zero attached hydrogens (tertiary/aromatic N) is 1. The Morgan fingerprint density at radius 3 is 2.52 bits per heavy atom. The first-order valence-corrected chi connectivity index (χ1v) is 8.83. The summed E-state index contributed by atoms with van der Waals surface area (Å²) < 4.78 is 41.4. The molecule has 4 nitrogen and oxygen atoms in total. The largest absolute Gasteiger partial charge is 0.468 e. The fourth-order valence-corrected chi connectivity index (χ4v) is 3.24. The van der Waals surface area contributed by atoms with E-state index in [0.29, 0.717) is 12.0 Å². The van der Waals surface area contributed by atoms with Gasteiger partial charge in [-0.3, -0.25) is 4.79 Å². The molecule has 3 rings (SSSR count). The molecule has 7 heteroatoms. The number of ether oxygens (including phenoxy) is 1. The highest BCUT2D eigenvalue weighted by Gasteiger charge is 2.43. The Bertz CT molecular complexity index is 774. The van der Waals surface area contributed by atoms with Crippen LogP contribution in [0.25, 0.3) is 0 Å². The lowest BCUT2D eigenvalue weighted by Crippen LogP contribution is -2.46. The molecule has 2 aromatic rings. The average molecular weight is 378 g/mol. The summed E-state index contributed by atoms with van der Waals surface area (Å²) in [4.78, 5) is 16.5. The predicted molar refractivity (Wildman–Crippen MR) is 94.1 cm³/mol. The summed E-state index contributed by atoms with van der Waals surface area (Å²) in [7, 11) is 0. The van der Waals surface area contributed by atoms with Crippen molar-refractivity contribution in [1.82, 2.24) is 10.3 Å². The Balaban J connectivity index is 1.58. The minimum atomic E-state index is -4.42. The SMILES string of the molecule is O=C(NCc1ccnc(OCC(F)(F)F)c1)C1(Cc2ccccc2)CCC1. The second-order valence-electron chi connectivity index (χ2n) is 6.89. The summed E-state index contributed by atoms with van der Waals surface area (Å²) in [5.74, 6) is -0.131. The number of hydrogen-bond acceptors (Lipinski definition) is 3. The molecule has 0 saturated heterocycles. The molecule has 1 fully saturated rings. The highest BCUT2D eigenvalue weighted by molar-refractivity contribution is 5.83. The third-order valence-corrected chi connectivity index (χ3v) is 4.81. The predicted octanol–water partition coefficient (Wildman–Crippen LogP) is 4.05. The third kappa shape index (κ3) is 5.21.